The molecule has 1 heterocycles. The third kappa shape index (κ3) is 5.87. The van der Waals surface area contributed by atoms with Gasteiger partial charge in [0.25, 0.3) is 0 Å². The monoisotopic (exact) mass is 381 g/mol. The maximum atomic E-state index is 12.1. The van der Waals surface area contributed by atoms with Crippen molar-refractivity contribution in [1.82, 2.24) is 9.62 Å². The highest BCUT2D eigenvalue weighted by atomic mass is 32.2. The summed E-state index contributed by atoms with van der Waals surface area (Å²) < 4.78 is 66.3. The van der Waals surface area contributed by atoms with Crippen molar-refractivity contribution in [3.8, 4) is 5.75 Å². The number of nitrogens with two attached hydrogens (primary N) is 1. The minimum atomic E-state index is -4.85. The number of alkyl halides is 3. The molecule has 2 rings (SSSR count). The Kier molecular flexibility index (Phi) is 5.91. The molecule has 3 N–H and O–H groups in total. The number of hydrogen-bond donors (Lipinski definition) is 2. The summed E-state index contributed by atoms with van der Waals surface area (Å²) >= 11 is 0. The third-order valence-electron chi connectivity index (χ3n) is 3.58. The molecule has 0 bridgehead atoms. The smallest absolute Gasteiger partial charge is 0.406 e. The van der Waals surface area contributed by atoms with Crippen molar-refractivity contribution < 1.29 is 31.1 Å². The molecule has 0 spiro atoms. The van der Waals surface area contributed by atoms with Crippen LogP contribution in [0.25, 0.3) is 0 Å². The molecule has 11 heteroatoms. The van der Waals surface area contributed by atoms with E-state index in [1.54, 1.807) is 4.90 Å². The molecule has 1 aromatic rings. The second kappa shape index (κ2) is 7.58. The molecule has 25 heavy (non-hydrogen) atoms. The van der Waals surface area contributed by atoms with Crippen LogP contribution in [0.4, 0.5) is 13.2 Å². The zero-order valence-corrected chi connectivity index (χ0v) is 13.9. The van der Waals surface area contributed by atoms with E-state index >= 15 is 0 Å². The van der Waals surface area contributed by atoms with Crippen molar-refractivity contribution >= 4 is 15.9 Å². The molecule has 0 unspecified atom stereocenters. The average molecular weight is 381 g/mol. The summed E-state index contributed by atoms with van der Waals surface area (Å²) in [4.78, 5) is 13.3. The molecule has 7 nitrogen and oxygen atoms in total. The Labute approximate surface area is 143 Å². The number of likely N-dealkylation sites (tertiary alicyclic amines) is 1. The maximum absolute atomic E-state index is 12.1. The van der Waals surface area contributed by atoms with Gasteiger partial charge in [0.1, 0.15) is 5.75 Å². The van der Waals surface area contributed by atoms with Gasteiger partial charge in [-0.25, -0.2) is 13.1 Å². The average Bonchev–Trinajstić information content (AvgIpc) is 2.92. The van der Waals surface area contributed by atoms with Crippen molar-refractivity contribution in [2.75, 3.05) is 19.6 Å². The first-order chi connectivity index (χ1) is 11.6. The summed E-state index contributed by atoms with van der Waals surface area (Å²) in [6.45, 7) is 0.882. The minimum absolute atomic E-state index is 0.0266. The zero-order chi connectivity index (χ0) is 18.7. The van der Waals surface area contributed by atoms with Gasteiger partial charge in [-0.15, -0.1) is 13.2 Å². The first kappa shape index (κ1) is 19.5. The molecule has 1 amide bonds. The lowest BCUT2D eigenvalue weighted by atomic mass is 10.3. The first-order valence-electron chi connectivity index (χ1n) is 7.46. The Morgan fingerprint density at radius 3 is 2.48 bits per heavy atom. The number of amides is 1. The van der Waals surface area contributed by atoms with Gasteiger partial charge in [-0.05, 0) is 30.7 Å². The second-order valence-corrected chi connectivity index (χ2v) is 7.32. The Morgan fingerprint density at radius 1 is 1.32 bits per heavy atom. The van der Waals surface area contributed by atoms with Crippen molar-refractivity contribution in [2.24, 2.45) is 5.73 Å². The summed E-state index contributed by atoms with van der Waals surface area (Å²) in [5.74, 6) is -0.725. The third-order valence-corrected chi connectivity index (χ3v) is 5.05. The number of nitrogens with one attached hydrogen (secondary N) is 1. The molecule has 0 aliphatic carbocycles. The molecule has 1 aliphatic rings. The number of carbonyl (C=O) groups is 1. The highest BCUT2D eigenvalue weighted by Gasteiger charge is 2.31. The number of carbonyl (C=O) groups excluding carboxylic acids is 1. The van der Waals surface area contributed by atoms with E-state index in [-0.39, 0.29) is 29.8 Å². The number of ether oxygens (including phenoxy) is 1. The van der Waals surface area contributed by atoms with Crippen LogP contribution in [-0.4, -0.2) is 51.3 Å². The molecule has 1 saturated heterocycles. The summed E-state index contributed by atoms with van der Waals surface area (Å²) in [7, 11) is -3.93. The lowest BCUT2D eigenvalue weighted by Gasteiger charge is -2.16. The molecule has 0 aromatic heterocycles. The van der Waals surface area contributed by atoms with E-state index in [1.807, 2.05) is 0 Å². The molecule has 1 fully saturated rings. The Morgan fingerprint density at radius 2 is 1.96 bits per heavy atom. The fourth-order valence-corrected chi connectivity index (χ4v) is 3.40. The highest BCUT2D eigenvalue weighted by molar-refractivity contribution is 7.89. The van der Waals surface area contributed by atoms with Crippen LogP contribution in [0.15, 0.2) is 29.2 Å². The molecule has 1 aliphatic heterocycles. The highest BCUT2D eigenvalue weighted by Crippen LogP contribution is 2.23. The van der Waals surface area contributed by atoms with E-state index in [0.717, 1.165) is 24.3 Å². The van der Waals surface area contributed by atoms with Gasteiger partial charge in [-0.1, -0.05) is 0 Å². The predicted octanol–water partition coefficient (Wildman–Crippen LogP) is 0.813. The summed E-state index contributed by atoms with van der Waals surface area (Å²) in [5.41, 5.74) is 5.70. The van der Waals surface area contributed by atoms with Crippen molar-refractivity contribution in [3.05, 3.63) is 24.3 Å². The fourth-order valence-electron chi connectivity index (χ4n) is 2.37. The number of hydrogen-bond acceptors (Lipinski definition) is 5. The van der Waals surface area contributed by atoms with Gasteiger partial charge in [0.15, 0.2) is 0 Å². The quantitative estimate of drug-likeness (QED) is 0.760. The minimum Gasteiger partial charge on any atom is -0.406 e. The summed E-state index contributed by atoms with van der Waals surface area (Å²) in [6, 6.07) is 3.73. The number of halogens is 3. The van der Waals surface area contributed by atoms with E-state index in [4.69, 9.17) is 5.73 Å². The van der Waals surface area contributed by atoms with Gasteiger partial charge in [-0.2, -0.15) is 0 Å². The Hall–Kier alpha value is -1.85. The number of nitrogens with zero attached hydrogens (tertiary/aromatic N) is 1. The van der Waals surface area contributed by atoms with Crippen molar-refractivity contribution in [3.63, 3.8) is 0 Å². The van der Waals surface area contributed by atoms with Crippen LogP contribution in [0.3, 0.4) is 0 Å². The Bertz CT molecular complexity index is 707. The lowest BCUT2D eigenvalue weighted by Crippen LogP contribution is -2.34. The van der Waals surface area contributed by atoms with Gasteiger partial charge < -0.3 is 15.4 Å². The van der Waals surface area contributed by atoms with E-state index in [9.17, 15) is 26.4 Å². The molecule has 1 atom stereocenters. The first-order valence-corrected chi connectivity index (χ1v) is 8.94. The maximum Gasteiger partial charge on any atom is 0.573 e. The zero-order valence-electron chi connectivity index (χ0n) is 13.1. The van der Waals surface area contributed by atoms with Crippen LogP contribution < -0.4 is 15.2 Å². The summed E-state index contributed by atoms with van der Waals surface area (Å²) in [5, 5.41) is 0. The van der Waals surface area contributed by atoms with Gasteiger partial charge >= 0.3 is 6.36 Å². The van der Waals surface area contributed by atoms with Gasteiger partial charge in [0, 0.05) is 32.1 Å². The van der Waals surface area contributed by atoms with Crippen LogP contribution in [0.2, 0.25) is 0 Å². The van der Waals surface area contributed by atoms with Crippen LogP contribution >= 0.6 is 0 Å². The van der Waals surface area contributed by atoms with Gasteiger partial charge in [-0.3, -0.25) is 4.79 Å². The Balaban J connectivity index is 1.87. The van der Waals surface area contributed by atoms with Gasteiger partial charge in [0.2, 0.25) is 15.9 Å². The van der Waals surface area contributed by atoms with Crippen molar-refractivity contribution in [2.45, 2.75) is 30.1 Å². The predicted molar refractivity (Wildman–Crippen MR) is 82.1 cm³/mol. The van der Waals surface area contributed by atoms with Crippen molar-refractivity contribution in [1.29, 1.82) is 0 Å². The standard InChI is InChI=1S/C14H18F3N3O4S/c15-14(16,17)24-11-1-3-12(4-2-11)25(22,23)19-7-5-13(21)20-8-6-10(18)9-20/h1-4,10,19H,5-9,18H2/t10-/m1/s1. The normalized spacial score (nSPS) is 18.4. The van der Waals surface area contributed by atoms with Crippen LogP contribution in [-0.2, 0) is 14.8 Å². The topological polar surface area (TPSA) is 102 Å². The molecular formula is C14H18F3N3O4S. The van der Waals surface area contributed by atoms with E-state index < -0.39 is 22.1 Å². The summed E-state index contributed by atoms with van der Waals surface area (Å²) in [6.07, 6.45) is -4.16. The second-order valence-electron chi connectivity index (χ2n) is 5.56. The largest absolute Gasteiger partial charge is 0.573 e. The molecular weight excluding hydrogens is 363 g/mol. The number of sulfonamides is 1. The molecule has 0 radical (unpaired) electrons. The van der Waals surface area contributed by atoms with E-state index in [2.05, 4.69) is 9.46 Å². The molecule has 140 valence electrons. The lowest BCUT2D eigenvalue weighted by molar-refractivity contribution is -0.274. The van der Waals surface area contributed by atoms with Crippen LogP contribution in [0, 0.1) is 0 Å². The van der Waals surface area contributed by atoms with E-state index in [1.165, 1.54) is 0 Å². The van der Waals surface area contributed by atoms with Gasteiger partial charge in [0.05, 0.1) is 4.90 Å². The SMILES string of the molecule is N[C@@H]1CCN(C(=O)CCNS(=O)(=O)c2ccc(OC(F)(F)F)cc2)C1. The fraction of sp³-hybridized carbons (Fsp3) is 0.500. The molecule has 1 aromatic carbocycles. The van der Waals surface area contributed by atoms with E-state index in [0.29, 0.717) is 19.5 Å². The number of rotatable bonds is 6. The van der Waals surface area contributed by atoms with Crippen LogP contribution in [0.1, 0.15) is 12.8 Å². The molecule has 0 saturated carbocycles. The van der Waals surface area contributed by atoms with Crippen LogP contribution in [0.5, 0.6) is 5.75 Å². The number of benzene rings is 1.